The summed E-state index contributed by atoms with van der Waals surface area (Å²) in [7, 11) is 1.64. The maximum Gasteiger partial charge on any atom is 0.262 e. The molecule has 4 rings (SSSR count). The molecule has 0 aliphatic carbocycles. The van der Waals surface area contributed by atoms with E-state index in [0.29, 0.717) is 41.8 Å². The number of carbonyl (C=O) groups is 1. The molecule has 0 bridgehead atoms. The summed E-state index contributed by atoms with van der Waals surface area (Å²) in [6.07, 6.45) is 0.683. The number of ketones is 1. The molecule has 35 heavy (non-hydrogen) atoms. The van der Waals surface area contributed by atoms with Crippen LogP contribution in [0.25, 0.3) is 16.7 Å². The fourth-order valence-corrected chi connectivity index (χ4v) is 5.10. The number of aryl methyl sites for hydroxylation is 1. The van der Waals surface area contributed by atoms with Crippen LogP contribution in [0.1, 0.15) is 67.4 Å². The molecular formula is C27H32N4O3S. The maximum atomic E-state index is 13.3. The Bertz CT molecular complexity index is 1420. The van der Waals surface area contributed by atoms with Crippen LogP contribution in [-0.4, -0.2) is 44.4 Å². The van der Waals surface area contributed by atoms with Crippen LogP contribution in [0.15, 0.2) is 52.4 Å². The third-order valence-corrected chi connectivity index (χ3v) is 7.13. The number of aromatic nitrogens is 4. The quantitative estimate of drug-likeness (QED) is 0.170. The Kier molecular flexibility index (Phi) is 7.72. The molecule has 0 aliphatic rings. The molecule has 0 fully saturated rings. The van der Waals surface area contributed by atoms with E-state index in [0.717, 1.165) is 16.6 Å². The Morgan fingerprint density at radius 3 is 2.54 bits per heavy atom. The second kappa shape index (κ2) is 10.7. The van der Waals surface area contributed by atoms with Crippen molar-refractivity contribution in [1.82, 2.24) is 19.2 Å². The first-order valence-electron chi connectivity index (χ1n) is 12.0. The summed E-state index contributed by atoms with van der Waals surface area (Å²) in [6, 6.07) is 13.6. The highest BCUT2D eigenvalue weighted by molar-refractivity contribution is 7.99. The predicted molar refractivity (Wildman–Crippen MR) is 141 cm³/mol. The predicted octanol–water partition coefficient (Wildman–Crippen LogP) is 5.30. The monoisotopic (exact) mass is 492 g/mol. The number of carbonyl (C=O) groups excluding carboxylic acids is 1. The van der Waals surface area contributed by atoms with E-state index in [9.17, 15) is 9.59 Å². The van der Waals surface area contributed by atoms with Crippen LogP contribution in [0.4, 0.5) is 0 Å². The fourth-order valence-electron chi connectivity index (χ4n) is 4.28. The van der Waals surface area contributed by atoms with Crippen molar-refractivity contribution in [2.24, 2.45) is 0 Å². The number of hydrogen-bond donors (Lipinski definition) is 0. The molecule has 0 radical (unpaired) electrons. The highest BCUT2D eigenvalue weighted by Crippen LogP contribution is 2.28. The molecule has 0 N–H and O–H groups in total. The average molecular weight is 493 g/mol. The molecule has 0 spiro atoms. The number of thioether (sulfide) groups is 1. The van der Waals surface area contributed by atoms with Gasteiger partial charge in [0.15, 0.2) is 10.9 Å². The minimum absolute atomic E-state index is 0.0588. The standard InChI is InChI=1S/C27H32N4O3S/c1-17(2)19-11-12-20(22(15-19)18(3)4)24(32)16-35-27-29-28-26-30(13-8-14-34-5)25(33)21-9-6-7-10-23(21)31(26)27/h6-7,9-12,15,17-18H,8,13-14,16H2,1-5H3. The fraction of sp³-hybridized carbons (Fsp3) is 0.407. The number of methoxy groups -OCH3 is 1. The number of rotatable bonds is 10. The number of ether oxygens (including phenoxy) is 1. The number of fused-ring (bicyclic) bond motifs is 3. The molecule has 184 valence electrons. The highest BCUT2D eigenvalue weighted by atomic mass is 32.2. The lowest BCUT2D eigenvalue weighted by atomic mass is 9.90. The summed E-state index contributed by atoms with van der Waals surface area (Å²) in [5.74, 6) is 1.42. The summed E-state index contributed by atoms with van der Waals surface area (Å²) >= 11 is 1.35. The van der Waals surface area contributed by atoms with Gasteiger partial charge >= 0.3 is 0 Å². The molecule has 0 saturated heterocycles. The van der Waals surface area contributed by atoms with Crippen LogP contribution in [0.3, 0.4) is 0 Å². The Morgan fingerprint density at radius 2 is 1.83 bits per heavy atom. The van der Waals surface area contributed by atoms with Gasteiger partial charge in [0.25, 0.3) is 5.56 Å². The van der Waals surface area contributed by atoms with E-state index < -0.39 is 0 Å². The molecule has 4 aromatic rings. The van der Waals surface area contributed by atoms with Gasteiger partial charge in [0, 0.05) is 25.8 Å². The van der Waals surface area contributed by atoms with Crippen molar-refractivity contribution in [3.8, 4) is 0 Å². The molecular weight excluding hydrogens is 460 g/mol. The SMILES string of the molecule is COCCCn1c(=O)c2ccccc2n2c(SCC(=O)c3ccc(C(C)C)cc3C(C)C)nnc12. The van der Waals surface area contributed by atoms with Gasteiger partial charge in [-0.3, -0.25) is 18.6 Å². The summed E-state index contributed by atoms with van der Waals surface area (Å²) in [5.41, 5.74) is 3.70. The van der Waals surface area contributed by atoms with E-state index in [1.165, 1.54) is 17.3 Å². The zero-order valence-corrected chi connectivity index (χ0v) is 21.8. The van der Waals surface area contributed by atoms with Crippen molar-refractivity contribution in [3.05, 3.63) is 69.5 Å². The van der Waals surface area contributed by atoms with Crippen LogP contribution < -0.4 is 5.56 Å². The van der Waals surface area contributed by atoms with Gasteiger partial charge in [-0.15, -0.1) is 10.2 Å². The van der Waals surface area contributed by atoms with Crippen LogP contribution in [-0.2, 0) is 11.3 Å². The van der Waals surface area contributed by atoms with E-state index in [-0.39, 0.29) is 23.0 Å². The molecule has 0 unspecified atom stereocenters. The molecule has 0 amide bonds. The lowest BCUT2D eigenvalue weighted by Crippen LogP contribution is -2.24. The number of nitrogens with zero attached hydrogens (tertiary/aromatic N) is 4. The van der Waals surface area contributed by atoms with Gasteiger partial charge in [0.2, 0.25) is 5.78 Å². The number of benzene rings is 2. The maximum absolute atomic E-state index is 13.3. The van der Waals surface area contributed by atoms with Gasteiger partial charge in [0.1, 0.15) is 0 Å². The average Bonchev–Trinajstić information content (AvgIpc) is 3.28. The molecule has 8 heteroatoms. The third-order valence-electron chi connectivity index (χ3n) is 6.21. The van der Waals surface area contributed by atoms with Crippen LogP contribution >= 0.6 is 11.8 Å². The molecule has 0 atom stereocenters. The first-order valence-corrected chi connectivity index (χ1v) is 13.0. The third kappa shape index (κ3) is 5.04. The topological polar surface area (TPSA) is 78.5 Å². The van der Waals surface area contributed by atoms with Crippen LogP contribution in [0, 0.1) is 0 Å². The summed E-state index contributed by atoms with van der Waals surface area (Å²) in [6.45, 7) is 9.57. The lowest BCUT2D eigenvalue weighted by molar-refractivity contribution is 0.102. The summed E-state index contributed by atoms with van der Waals surface area (Å²) < 4.78 is 8.68. The van der Waals surface area contributed by atoms with Gasteiger partial charge in [-0.2, -0.15) is 0 Å². The van der Waals surface area contributed by atoms with Gasteiger partial charge in [-0.05, 0) is 41.5 Å². The first-order chi connectivity index (χ1) is 16.8. The Labute approximate surface area is 209 Å². The molecule has 2 aromatic carbocycles. The highest BCUT2D eigenvalue weighted by Gasteiger charge is 2.20. The van der Waals surface area contributed by atoms with E-state index >= 15 is 0 Å². The van der Waals surface area contributed by atoms with E-state index in [4.69, 9.17) is 4.74 Å². The van der Waals surface area contributed by atoms with Crippen molar-refractivity contribution in [3.63, 3.8) is 0 Å². The Hall–Kier alpha value is -2.97. The van der Waals surface area contributed by atoms with E-state index in [1.54, 1.807) is 11.7 Å². The largest absolute Gasteiger partial charge is 0.385 e. The molecule has 0 aliphatic heterocycles. The van der Waals surface area contributed by atoms with E-state index in [1.807, 2.05) is 40.8 Å². The van der Waals surface area contributed by atoms with Crippen molar-refractivity contribution in [1.29, 1.82) is 0 Å². The zero-order valence-electron chi connectivity index (χ0n) is 20.9. The summed E-state index contributed by atoms with van der Waals surface area (Å²) in [5, 5.41) is 9.89. The summed E-state index contributed by atoms with van der Waals surface area (Å²) in [4.78, 5) is 26.4. The molecule has 2 heterocycles. The van der Waals surface area contributed by atoms with Gasteiger partial charge in [-0.25, -0.2) is 0 Å². The zero-order chi connectivity index (χ0) is 25.1. The van der Waals surface area contributed by atoms with Gasteiger partial charge in [-0.1, -0.05) is 69.8 Å². The van der Waals surface area contributed by atoms with Crippen molar-refractivity contribution in [2.75, 3.05) is 19.5 Å². The smallest absolute Gasteiger partial charge is 0.262 e. The second-order valence-corrected chi connectivity index (χ2v) is 10.2. The normalized spacial score (nSPS) is 11.9. The van der Waals surface area contributed by atoms with Gasteiger partial charge in [0.05, 0.1) is 16.7 Å². The van der Waals surface area contributed by atoms with Crippen LogP contribution in [0.2, 0.25) is 0 Å². The number of Topliss-reactive ketones (excluding diaryl/α,β-unsaturated/α-hetero) is 1. The minimum atomic E-state index is -0.101. The second-order valence-electron chi connectivity index (χ2n) is 9.31. The Morgan fingerprint density at radius 1 is 1.06 bits per heavy atom. The molecule has 7 nitrogen and oxygen atoms in total. The van der Waals surface area contributed by atoms with Crippen LogP contribution in [0.5, 0.6) is 0 Å². The first kappa shape index (κ1) is 25.1. The number of para-hydroxylation sites is 1. The van der Waals surface area contributed by atoms with Crippen molar-refractivity contribution >= 4 is 34.2 Å². The van der Waals surface area contributed by atoms with E-state index in [2.05, 4.69) is 44.0 Å². The van der Waals surface area contributed by atoms with Gasteiger partial charge < -0.3 is 4.74 Å². The Balaban J connectivity index is 1.69. The molecule has 0 saturated carbocycles. The minimum Gasteiger partial charge on any atom is -0.385 e. The number of hydrogen-bond acceptors (Lipinski definition) is 6. The van der Waals surface area contributed by atoms with Crippen molar-refractivity contribution < 1.29 is 9.53 Å². The lowest BCUT2D eigenvalue weighted by Gasteiger charge is -2.15. The molecule has 2 aromatic heterocycles. The van der Waals surface area contributed by atoms with Crippen molar-refractivity contribution in [2.45, 2.75) is 57.7 Å².